The fourth-order valence-corrected chi connectivity index (χ4v) is 1.82. The zero-order chi connectivity index (χ0) is 16.2. The molecule has 1 heterocycles. The van der Waals surface area contributed by atoms with Gasteiger partial charge in [0.1, 0.15) is 11.6 Å². The van der Waals surface area contributed by atoms with Crippen LogP contribution in [0.5, 0.6) is 0 Å². The quantitative estimate of drug-likeness (QED) is 0.624. The lowest BCUT2D eigenvalue weighted by atomic mass is 10.1. The van der Waals surface area contributed by atoms with Crippen LogP contribution < -0.4 is 5.56 Å². The highest BCUT2D eigenvalue weighted by atomic mass is 16.5. The highest BCUT2D eigenvalue weighted by molar-refractivity contribution is 6.00. The highest BCUT2D eigenvalue weighted by Gasteiger charge is 2.18. The average molecular weight is 289 g/mol. The first-order valence-electron chi connectivity index (χ1n) is 6.68. The van der Waals surface area contributed by atoms with E-state index in [-0.39, 0.29) is 5.56 Å². The zero-order valence-electron chi connectivity index (χ0n) is 12.9. The predicted octanol–water partition coefficient (Wildman–Crippen LogP) is 1.76. The zero-order valence-corrected chi connectivity index (χ0v) is 12.9. The second-order valence-corrected chi connectivity index (χ2v) is 4.79. The van der Waals surface area contributed by atoms with Gasteiger partial charge in [0.15, 0.2) is 0 Å². The summed E-state index contributed by atoms with van der Waals surface area (Å²) in [4.78, 5) is 23.9. The van der Waals surface area contributed by atoms with Crippen molar-refractivity contribution >= 4 is 11.7 Å². The van der Waals surface area contributed by atoms with Gasteiger partial charge in [-0.1, -0.05) is 0 Å². The fourth-order valence-electron chi connectivity index (χ4n) is 1.82. The van der Waals surface area contributed by atoms with Crippen LogP contribution >= 0.6 is 0 Å². The molecule has 21 heavy (non-hydrogen) atoms. The molecule has 0 aromatic carbocycles. The second-order valence-electron chi connectivity index (χ2n) is 4.79. The number of aromatic nitrogens is 1. The molecular weight excluding hydrogens is 270 g/mol. The largest absolute Gasteiger partial charge is 0.465 e. The molecule has 1 atom stereocenters. The Hall–Kier alpha value is -2.42. The van der Waals surface area contributed by atoms with Gasteiger partial charge in [0, 0.05) is 11.4 Å². The summed E-state index contributed by atoms with van der Waals surface area (Å²) >= 11 is 0. The van der Waals surface area contributed by atoms with Crippen LogP contribution in [0.25, 0.3) is 0 Å². The molecular formula is C15H19N3O3. The molecule has 0 aliphatic heterocycles. The monoisotopic (exact) mass is 289 g/mol. The van der Waals surface area contributed by atoms with E-state index in [0.717, 1.165) is 4.68 Å². The molecule has 0 spiro atoms. The van der Waals surface area contributed by atoms with Crippen molar-refractivity contribution in [3.63, 3.8) is 0 Å². The van der Waals surface area contributed by atoms with Crippen LogP contribution in [-0.4, -0.2) is 23.0 Å². The topological polar surface area (TPSA) is 84.4 Å². The van der Waals surface area contributed by atoms with Crippen molar-refractivity contribution in [1.29, 1.82) is 5.26 Å². The second kappa shape index (κ2) is 6.84. The lowest BCUT2D eigenvalue weighted by molar-refractivity contribution is -0.145. The van der Waals surface area contributed by atoms with Gasteiger partial charge < -0.3 is 4.74 Å². The van der Waals surface area contributed by atoms with E-state index in [4.69, 9.17) is 10.00 Å². The Labute approximate surface area is 123 Å². The molecule has 0 saturated carbocycles. The van der Waals surface area contributed by atoms with E-state index < -0.39 is 17.4 Å². The number of hydrogen-bond acceptors (Lipinski definition) is 5. The van der Waals surface area contributed by atoms with Crippen molar-refractivity contribution in [1.82, 2.24) is 4.68 Å². The maximum Gasteiger partial charge on any atom is 0.314 e. The maximum absolute atomic E-state index is 12.2. The molecule has 6 heteroatoms. The summed E-state index contributed by atoms with van der Waals surface area (Å²) in [6.07, 6.45) is 0. The lowest BCUT2D eigenvalue weighted by Crippen LogP contribution is -2.27. The van der Waals surface area contributed by atoms with E-state index in [1.165, 1.54) is 0 Å². The van der Waals surface area contributed by atoms with Crippen LogP contribution in [-0.2, 0) is 9.53 Å². The Morgan fingerprint density at radius 1 is 1.52 bits per heavy atom. The number of pyridine rings is 1. The smallest absolute Gasteiger partial charge is 0.314 e. The molecule has 0 fully saturated rings. The van der Waals surface area contributed by atoms with Crippen molar-refractivity contribution in [3.05, 3.63) is 33.2 Å². The summed E-state index contributed by atoms with van der Waals surface area (Å²) in [5.41, 5.74) is 1.24. The third kappa shape index (κ3) is 3.57. The van der Waals surface area contributed by atoms with E-state index in [9.17, 15) is 9.59 Å². The molecule has 112 valence electrons. The van der Waals surface area contributed by atoms with Crippen molar-refractivity contribution in [2.45, 2.75) is 34.6 Å². The Balaban J connectivity index is 3.30. The normalized spacial score (nSPS) is 12.7. The highest BCUT2D eigenvalue weighted by Crippen LogP contribution is 2.07. The molecule has 0 amide bonds. The van der Waals surface area contributed by atoms with Gasteiger partial charge in [-0.2, -0.15) is 10.4 Å². The fraction of sp³-hybridized carbons (Fsp3) is 0.467. The first kappa shape index (κ1) is 16.6. The first-order valence-corrected chi connectivity index (χ1v) is 6.68. The minimum atomic E-state index is -0.553. The number of nitriles is 1. The Bertz CT molecular complexity index is 681. The number of nitrogens with zero attached hydrogens (tertiary/aromatic N) is 3. The van der Waals surface area contributed by atoms with Crippen LogP contribution in [0.3, 0.4) is 0 Å². The van der Waals surface area contributed by atoms with Crippen LogP contribution in [0.2, 0.25) is 0 Å². The maximum atomic E-state index is 12.2. The predicted molar refractivity (Wildman–Crippen MR) is 79.2 cm³/mol. The van der Waals surface area contributed by atoms with E-state index in [1.54, 1.807) is 40.7 Å². The van der Waals surface area contributed by atoms with Gasteiger partial charge in [0.2, 0.25) is 0 Å². The molecule has 1 unspecified atom stereocenters. The molecule has 0 bridgehead atoms. The van der Waals surface area contributed by atoms with Gasteiger partial charge in [-0.15, -0.1) is 0 Å². The molecule has 1 aromatic heterocycles. The van der Waals surface area contributed by atoms with Crippen LogP contribution in [0.1, 0.15) is 37.6 Å². The number of aryl methyl sites for hydroxylation is 2. The average Bonchev–Trinajstić information content (AvgIpc) is 2.42. The lowest BCUT2D eigenvalue weighted by Gasteiger charge is -2.12. The molecule has 0 N–H and O–H groups in total. The van der Waals surface area contributed by atoms with E-state index >= 15 is 0 Å². The Morgan fingerprint density at radius 2 is 2.14 bits per heavy atom. The summed E-state index contributed by atoms with van der Waals surface area (Å²) in [5.74, 6) is -0.944. The summed E-state index contributed by atoms with van der Waals surface area (Å²) in [6, 6.07) is 3.60. The molecule has 1 rings (SSSR count). The van der Waals surface area contributed by atoms with Crippen molar-refractivity contribution in [3.8, 4) is 6.07 Å². The standard InChI is InChI=1S/C15H19N3O3/c1-6-21-15(20)11(4)12(5)17-18-10(3)7-9(2)13(8-16)14(18)19/h7,11H,6H2,1-5H3. The van der Waals surface area contributed by atoms with Gasteiger partial charge in [0.25, 0.3) is 5.56 Å². The molecule has 0 aliphatic carbocycles. The third-order valence-electron chi connectivity index (χ3n) is 3.20. The van der Waals surface area contributed by atoms with Gasteiger partial charge >= 0.3 is 5.97 Å². The number of carbonyl (C=O) groups excluding carboxylic acids is 1. The number of carbonyl (C=O) groups is 1. The van der Waals surface area contributed by atoms with Gasteiger partial charge in [-0.05, 0) is 46.2 Å². The third-order valence-corrected chi connectivity index (χ3v) is 3.20. The number of ether oxygens (including phenoxy) is 1. The summed E-state index contributed by atoms with van der Waals surface area (Å²) < 4.78 is 6.08. The SMILES string of the molecule is CCOC(=O)C(C)C(C)=Nn1c(C)cc(C)c(C#N)c1=O. The van der Waals surface area contributed by atoms with E-state index in [1.807, 2.05) is 6.07 Å². The van der Waals surface area contributed by atoms with Crippen LogP contribution in [0.15, 0.2) is 16.0 Å². The molecule has 0 radical (unpaired) electrons. The van der Waals surface area contributed by atoms with Crippen molar-refractivity contribution in [2.75, 3.05) is 6.61 Å². The molecule has 6 nitrogen and oxygen atoms in total. The number of esters is 1. The first-order chi connectivity index (χ1) is 9.83. The van der Waals surface area contributed by atoms with Gasteiger partial charge in [0.05, 0.1) is 12.5 Å². The number of hydrogen-bond donors (Lipinski definition) is 0. The summed E-state index contributed by atoms with van der Waals surface area (Å²) in [6.45, 7) is 8.76. The van der Waals surface area contributed by atoms with Crippen LogP contribution in [0.4, 0.5) is 0 Å². The minimum absolute atomic E-state index is 0.0564. The Morgan fingerprint density at radius 3 is 2.67 bits per heavy atom. The summed E-state index contributed by atoms with van der Waals surface area (Å²) in [5, 5.41) is 13.2. The van der Waals surface area contributed by atoms with Gasteiger partial charge in [-0.25, -0.2) is 4.68 Å². The van der Waals surface area contributed by atoms with E-state index in [2.05, 4.69) is 5.10 Å². The molecule has 0 saturated heterocycles. The Kier molecular flexibility index (Phi) is 5.42. The van der Waals surface area contributed by atoms with Crippen LogP contribution in [0, 0.1) is 31.1 Å². The van der Waals surface area contributed by atoms with Crippen molar-refractivity contribution < 1.29 is 9.53 Å². The summed E-state index contributed by atoms with van der Waals surface area (Å²) in [7, 11) is 0. The van der Waals surface area contributed by atoms with E-state index in [0.29, 0.717) is 23.6 Å². The van der Waals surface area contributed by atoms with Crippen molar-refractivity contribution in [2.24, 2.45) is 11.0 Å². The minimum Gasteiger partial charge on any atom is -0.465 e. The molecule has 1 aromatic rings. The molecule has 0 aliphatic rings. The number of rotatable bonds is 4. The van der Waals surface area contributed by atoms with Gasteiger partial charge in [-0.3, -0.25) is 9.59 Å².